The quantitative estimate of drug-likeness (QED) is 0.882. The molecule has 0 aromatic heterocycles. The normalized spacial score (nSPS) is 22.6. The lowest BCUT2D eigenvalue weighted by atomic mass is 9.85. The van der Waals surface area contributed by atoms with Crippen molar-refractivity contribution in [2.24, 2.45) is 11.8 Å². The highest BCUT2D eigenvalue weighted by Gasteiger charge is 2.48. The van der Waals surface area contributed by atoms with E-state index in [0.717, 1.165) is 0 Å². The van der Waals surface area contributed by atoms with E-state index in [2.05, 4.69) is 5.32 Å². The Hall–Kier alpha value is -3.11. The van der Waals surface area contributed by atoms with Gasteiger partial charge in [-0.2, -0.15) is 5.26 Å². The first-order chi connectivity index (χ1) is 13.6. The molecule has 0 saturated carbocycles. The molecule has 2 amide bonds. The first-order valence-corrected chi connectivity index (χ1v) is 9.09. The second-order valence-corrected chi connectivity index (χ2v) is 7.09. The Morgan fingerprint density at radius 2 is 2.14 bits per heavy atom. The first kappa shape index (κ1) is 18.3. The molecule has 1 fully saturated rings. The summed E-state index contributed by atoms with van der Waals surface area (Å²) in [6.07, 6.45) is 0. The number of halogens is 1. The van der Waals surface area contributed by atoms with Crippen LogP contribution in [0.25, 0.3) is 0 Å². The van der Waals surface area contributed by atoms with Crippen molar-refractivity contribution in [3.05, 3.63) is 59.4 Å². The molecule has 2 aromatic rings. The fourth-order valence-electron chi connectivity index (χ4n) is 4.11. The van der Waals surface area contributed by atoms with Crippen LogP contribution in [0.4, 0.5) is 14.9 Å². The highest BCUT2D eigenvalue weighted by Crippen LogP contribution is 2.47. The number of rotatable bonds is 3. The maximum atomic E-state index is 13.9. The SMILES string of the molecule is COC[C@@H]1CN(C(=O)Nc2ccc(C#N)cc2)[C@H]2c3cc(F)ccc3OC[C@@H]12. The van der Waals surface area contributed by atoms with Crippen LogP contribution in [0.3, 0.4) is 0 Å². The number of fused-ring (bicyclic) bond motifs is 3. The summed E-state index contributed by atoms with van der Waals surface area (Å²) >= 11 is 0. The number of carbonyl (C=O) groups is 1. The number of nitrogens with one attached hydrogen (secondary N) is 1. The maximum absolute atomic E-state index is 13.9. The Balaban J connectivity index is 1.63. The molecule has 2 aliphatic rings. The van der Waals surface area contributed by atoms with E-state index < -0.39 is 0 Å². The summed E-state index contributed by atoms with van der Waals surface area (Å²) in [5, 5.41) is 11.8. The van der Waals surface area contributed by atoms with Crippen molar-refractivity contribution in [2.75, 3.05) is 32.2 Å². The lowest BCUT2D eigenvalue weighted by molar-refractivity contribution is 0.100. The van der Waals surface area contributed by atoms with E-state index in [1.165, 1.54) is 12.1 Å². The number of carbonyl (C=O) groups excluding carboxylic acids is 1. The largest absolute Gasteiger partial charge is 0.493 e. The molecule has 2 aromatic carbocycles. The second-order valence-electron chi connectivity index (χ2n) is 7.09. The molecule has 0 radical (unpaired) electrons. The zero-order valence-corrected chi connectivity index (χ0v) is 15.4. The topological polar surface area (TPSA) is 74.6 Å². The number of nitrogens with zero attached hydrogens (tertiary/aromatic N) is 2. The van der Waals surface area contributed by atoms with Gasteiger partial charge in [0.25, 0.3) is 0 Å². The maximum Gasteiger partial charge on any atom is 0.322 e. The van der Waals surface area contributed by atoms with Gasteiger partial charge in [0.05, 0.1) is 30.9 Å². The molecule has 2 heterocycles. The predicted molar refractivity (Wildman–Crippen MR) is 100 cm³/mol. The van der Waals surface area contributed by atoms with Gasteiger partial charge in [0.15, 0.2) is 0 Å². The minimum Gasteiger partial charge on any atom is -0.493 e. The molecule has 2 aliphatic heterocycles. The number of likely N-dealkylation sites (tertiary alicyclic amines) is 1. The van der Waals surface area contributed by atoms with Crippen LogP contribution >= 0.6 is 0 Å². The number of benzene rings is 2. The third-order valence-electron chi connectivity index (χ3n) is 5.41. The average molecular weight is 381 g/mol. The molecular weight excluding hydrogens is 361 g/mol. The Bertz CT molecular complexity index is 925. The third-order valence-corrected chi connectivity index (χ3v) is 5.41. The molecule has 144 valence electrons. The number of anilines is 1. The lowest BCUT2D eigenvalue weighted by Crippen LogP contribution is -2.38. The molecule has 0 aliphatic carbocycles. The Labute approximate surface area is 162 Å². The van der Waals surface area contributed by atoms with Gasteiger partial charge in [0.1, 0.15) is 11.6 Å². The summed E-state index contributed by atoms with van der Waals surface area (Å²) in [7, 11) is 1.63. The Morgan fingerprint density at radius 3 is 2.86 bits per heavy atom. The van der Waals surface area contributed by atoms with Crippen LogP contribution in [0.1, 0.15) is 17.2 Å². The molecule has 0 spiro atoms. The third kappa shape index (κ3) is 3.27. The molecule has 3 atom stereocenters. The zero-order chi connectivity index (χ0) is 19.7. The molecule has 1 N–H and O–H groups in total. The van der Waals surface area contributed by atoms with Crippen LogP contribution in [-0.4, -0.2) is 37.8 Å². The van der Waals surface area contributed by atoms with E-state index in [4.69, 9.17) is 14.7 Å². The van der Waals surface area contributed by atoms with Crippen molar-refractivity contribution < 1.29 is 18.7 Å². The molecule has 6 nitrogen and oxygen atoms in total. The molecule has 4 rings (SSSR count). The second kappa shape index (κ2) is 7.49. The lowest BCUT2D eigenvalue weighted by Gasteiger charge is -2.34. The van der Waals surface area contributed by atoms with E-state index in [1.807, 2.05) is 6.07 Å². The average Bonchev–Trinajstić information content (AvgIpc) is 3.08. The molecular formula is C21H20FN3O3. The minimum absolute atomic E-state index is 0.0287. The van der Waals surface area contributed by atoms with Gasteiger partial charge in [-0.15, -0.1) is 0 Å². The number of hydrogen-bond acceptors (Lipinski definition) is 4. The van der Waals surface area contributed by atoms with Gasteiger partial charge in [-0.05, 0) is 42.5 Å². The van der Waals surface area contributed by atoms with Gasteiger partial charge in [0, 0.05) is 36.7 Å². The highest BCUT2D eigenvalue weighted by molar-refractivity contribution is 5.90. The smallest absolute Gasteiger partial charge is 0.322 e. The van der Waals surface area contributed by atoms with Crippen LogP contribution in [0.5, 0.6) is 5.75 Å². The summed E-state index contributed by atoms with van der Waals surface area (Å²) in [5.74, 6) is 0.377. The van der Waals surface area contributed by atoms with Crippen LogP contribution < -0.4 is 10.1 Å². The summed E-state index contributed by atoms with van der Waals surface area (Å²) in [4.78, 5) is 14.8. The minimum atomic E-state index is -0.356. The van der Waals surface area contributed by atoms with Crippen LogP contribution in [0.2, 0.25) is 0 Å². The molecule has 7 heteroatoms. The number of hydrogen-bond donors (Lipinski definition) is 1. The highest BCUT2D eigenvalue weighted by atomic mass is 19.1. The zero-order valence-electron chi connectivity index (χ0n) is 15.4. The monoisotopic (exact) mass is 381 g/mol. The van der Waals surface area contributed by atoms with Crippen LogP contribution in [-0.2, 0) is 4.74 Å². The van der Waals surface area contributed by atoms with Crippen molar-refractivity contribution in [2.45, 2.75) is 6.04 Å². The summed E-state index contributed by atoms with van der Waals surface area (Å²) in [6.45, 7) is 1.44. The van der Waals surface area contributed by atoms with Crippen LogP contribution in [0.15, 0.2) is 42.5 Å². The van der Waals surface area contributed by atoms with Crippen molar-refractivity contribution in [1.82, 2.24) is 4.90 Å². The number of nitriles is 1. The van der Waals surface area contributed by atoms with Crippen molar-refractivity contribution >= 4 is 11.7 Å². The van der Waals surface area contributed by atoms with E-state index >= 15 is 0 Å². The fourth-order valence-corrected chi connectivity index (χ4v) is 4.11. The van der Waals surface area contributed by atoms with Gasteiger partial charge >= 0.3 is 6.03 Å². The van der Waals surface area contributed by atoms with Crippen molar-refractivity contribution in [3.8, 4) is 11.8 Å². The summed E-state index contributed by atoms with van der Waals surface area (Å²) in [5.41, 5.74) is 1.81. The molecule has 0 bridgehead atoms. The molecule has 1 saturated heterocycles. The van der Waals surface area contributed by atoms with Gasteiger partial charge in [0.2, 0.25) is 0 Å². The van der Waals surface area contributed by atoms with E-state index in [9.17, 15) is 9.18 Å². The van der Waals surface area contributed by atoms with Gasteiger partial charge in [-0.3, -0.25) is 0 Å². The predicted octanol–water partition coefficient (Wildman–Crippen LogP) is 3.56. The van der Waals surface area contributed by atoms with Gasteiger partial charge < -0.3 is 19.7 Å². The van der Waals surface area contributed by atoms with Crippen molar-refractivity contribution in [1.29, 1.82) is 5.26 Å². The van der Waals surface area contributed by atoms with Crippen LogP contribution in [0, 0.1) is 29.0 Å². The number of ether oxygens (including phenoxy) is 2. The first-order valence-electron chi connectivity index (χ1n) is 9.09. The van der Waals surface area contributed by atoms with E-state index in [0.29, 0.717) is 42.3 Å². The number of methoxy groups -OCH3 is 1. The van der Waals surface area contributed by atoms with E-state index in [1.54, 1.807) is 42.3 Å². The standard InChI is InChI=1S/C21H20FN3O3/c1-27-11-14-10-25(21(26)24-16-5-2-13(9-23)3-6-16)20-17-8-15(22)4-7-19(17)28-12-18(14)20/h2-8,14,18,20H,10-12H2,1H3,(H,24,26)/t14-,18-,20-/m0/s1. The summed E-state index contributed by atoms with van der Waals surface area (Å²) < 4.78 is 25.1. The Morgan fingerprint density at radius 1 is 1.36 bits per heavy atom. The molecule has 28 heavy (non-hydrogen) atoms. The van der Waals surface area contributed by atoms with E-state index in [-0.39, 0.29) is 29.7 Å². The van der Waals surface area contributed by atoms with Gasteiger partial charge in [-0.25, -0.2) is 9.18 Å². The fraction of sp³-hybridized carbons (Fsp3) is 0.333. The molecule has 0 unspecified atom stereocenters. The number of amides is 2. The van der Waals surface area contributed by atoms with Crippen molar-refractivity contribution in [3.63, 3.8) is 0 Å². The number of urea groups is 1. The Kier molecular flexibility index (Phi) is 4.88. The summed E-state index contributed by atoms with van der Waals surface area (Å²) in [6, 6.07) is 12.6. The van der Waals surface area contributed by atoms with Gasteiger partial charge in [-0.1, -0.05) is 0 Å².